The Morgan fingerprint density at radius 1 is 1.45 bits per heavy atom. The van der Waals surface area contributed by atoms with Crippen molar-refractivity contribution in [1.29, 1.82) is 0 Å². The highest BCUT2D eigenvalue weighted by Gasteiger charge is 2.38. The molecule has 2 unspecified atom stereocenters. The highest BCUT2D eigenvalue weighted by atomic mass is 35.5. The Hall–Kier alpha value is -1.17. The first-order chi connectivity index (χ1) is 9.95. The van der Waals surface area contributed by atoms with Gasteiger partial charge in [-0.05, 0) is 44.4 Å². The fraction of sp³-hybridized carbons (Fsp3) is 0.500. The van der Waals surface area contributed by atoms with Crippen molar-refractivity contribution in [3.63, 3.8) is 0 Å². The van der Waals surface area contributed by atoms with Crippen LogP contribution in [0.4, 0.5) is 5.13 Å². The average Bonchev–Trinajstić information content (AvgIpc) is 2.79. The molecule has 2 atom stereocenters. The van der Waals surface area contributed by atoms with Crippen molar-refractivity contribution in [3.8, 4) is 0 Å². The molecule has 6 heteroatoms. The SMILES string of the molecule is Cc1ccc2nc(NC(=O)C3CCCCC3(C)N)sc2c1.Cl. The van der Waals surface area contributed by atoms with Crippen molar-refractivity contribution in [1.82, 2.24) is 4.98 Å². The third-order valence-corrected chi connectivity index (χ3v) is 5.28. The van der Waals surface area contributed by atoms with Gasteiger partial charge in [-0.1, -0.05) is 30.2 Å². The lowest BCUT2D eigenvalue weighted by Crippen LogP contribution is -2.51. The van der Waals surface area contributed by atoms with Gasteiger partial charge in [-0.3, -0.25) is 4.79 Å². The summed E-state index contributed by atoms with van der Waals surface area (Å²) >= 11 is 1.52. The molecular weight excluding hydrogens is 318 g/mol. The molecule has 3 rings (SSSR count). The van der Waals surface area contributed by atoms with E-state index in [-0.39, 0.29) is 24.2 Å². The summed E-state index contributed by atoms with van der Waals surface area (Å²) in [5.41, 5.74) is 8.02. The van der Waals surface area contributed by atoms with E-state index in [1.807, 2.05) is 19.1 Å². The van der Waals surface area contributed by atoms with Gasteiger partial charge in [0.05, 0.1) is 16.1 Å². The average molecular weight is 340 g/mol. The third-order valence-electron chi connectivity index (χ3n) is 4.34. The molecule has 2 aromatic rings. The second-order valence-corrected chi connectivity index (χ2v) is 7.31. The van der Waals surface area contributed by atoms with Crippen LogP contribution in [-0.4, -0.2) is 16.4 Å². The van der Waals surface area contributed by atoms with E-state index in [2.05, 4.69) is 23.3 Å². The van der Waals surface area contributed by atoms with Crippen molar-refractivity contribution in [2.75, 3.05) is 5.32 Å². The quantitative estimate of drug-likeness (QED) is 0.872. The number of fused-ring (bicyclic) bond motifs is 1. The molecule has 0 radical (unpaired) electrons. The number of anilines is 1. The summed E-state index contributed by atoms with van der Waals surface area (Å²) in [6.07, 6.45) is 3.95. The van der Waals surface area contributed by atoms with Crippen LogP contribution in [0.3, 0.4) is 0 Å². The third kappa shape index (κ3) is 3.42. The van der Waals surface area contributed by atoms with E-state index < -0.39 is 5.54 Å². The summed E-state index contributed by atoms with van der Waals surface area (Å²) in [4.78, 5) is 17.0. The van der Waals surface area contributed by atoms with Gasteiger partial charge in [0, 0.05) is 5.54 Å². The Kier molecular flexibility index (Phi) is 5.10. The second kappa shape index (κ2) is 6.52. The van der Waals surface area contributed by atoms with Gasteiger partial charge in [-0.2, -0.15) is 0 Å². The van der Waals surface area contributed by atoms with Crippen LogP contribution in [0.5, 0.6) is 0 Å². The number of rotatable bonds is 2. The molecule has 1 saturated carbocycles. The summed E-state index contributed by atoms with van der Waals surface area (Å²) < 4.78 is 1.10. The standard InChI is InChI=1S/C16H21N3OS.ClH/c1-10-6-7-12-13(9-10)21-15(18-12)19-14(20)11-5-3-4-8-16(11,2)17;/h6-7,9,11H,3-5,8,17H2,1-2H3,(H,18,19,20);1H. The number of amides is 1. The predicted molar refractivity (Wildman–Crippen MR) is 94.8 cm³/mol. The van der Waals surface area contributed by atoms with E-state index in [0.29, 0.717) is 5.13 Å². The minimum absolute atomic E-state index is 0. The Morgan fingerprint density at radius 2 is 2.23 bits per heavy atom. The van der Waals surface area contributed by atoms with Crippen molar-refractivity contribution in [2.24, 2.45) is 11.7 Å². The number of aromatic nitrogens is 1. The van der Waals surface area contributed by atoms with Gasteiger partial charge in [0.15, 0.2) is 5.13 Å². The minimum Gasteiger partial charge on any atom is -0.325 e. The van der Waals surface area contributed by atoms with Crippen LogP contribution in [0.25, 0.3) is 10.2 Å². The number of nitrogens with two attached hydrogens (primary N) is 1. The molecule has 1 fully saturated rings. The highest BCUT2D eigenvalue weighted by Crippen LogP contribution is 2.33. The smallest absolute Gasteiger partial charge is 0.231 e. The molecule has 0 saturated heterocycles. The predicted octanol–water partition coefficient (Wildman–Crippen LogP) is 3.87. The fourth-order valence-electron chi connectivity index (χ4n) is 3.07. The maximum Gasteiger partial charge on any atom is 0.231 e. The van der Waals surface area contributed by atoms with Gasteiger partial charge >= 0.3 is 0 Å². The molecule has 1 aliphatic carbocycles. The maximum atomic E-state index is 12.5. The van der Waals surface area contributed by atoms with Crippen LogP contribution in [0.15, 0.2) is 18.2 Å². The van der Waals surface area contributed by atoms with Crippen LogP contribution >= 0.6 is 23.7 Å². The van der Waals surface area contributed by atoms with Crippen LogP contribution in [0.2, 0.25) is 0 Å². The Balaban J connectivity index is 0.00000176. The summed E-state index contributed by atoms with van der Waals surface area (Å²) in [5.74, 6) is -0.115. The molecule has 4 nitrogen and oxygen atoms in total. The molecule has 0 bridgehead atoms. The molecule has 1 amide bonds. The lowest BCUT2D eigenvalue weighted by atomic mass is 9.74. The van der Waals surface area contributed by atoms with Gasteiger partial charge < -0.3 is 11.1 Å². The molecule has 0 spiro atoms. The van der Waals surface area contributed by atoms with Crippen LogP contribution in [0.1, 0.15) is 38.2 Å². The van der Waals surface area contributed by atoms with Crippen molar-refractivity contribution >= 4 is 45.0 Å². The Bertz CT molecular complexity index is 683. The number of nitrogens with one attached hydrogen (secondary N) is 1. The van der Waals surface area contributed by atoms with E-state index in [4.69, 9.17) is 5.73 Å². The first-order valence-electron chi connectivity index (χ1n) is 7.43. The molecule has 22 heavy (non-hydrogen) atoms. The Labute approximate surface area is 140 Å². The zero-order valence-corrected chi connectivity index (χ0v) is 14.5. The summed E-state index contributed by atoms with van der Waals surface area (Å²) in [7, 11) is 0. The van der Waals surface area contributed by atoms with Gasteiger partial charge in [-0.25, -0.2) is 4.98 Å². The minimum atomic E-state index is -0.407. The number of benzene rings is 1. The molecule has 3 N–H and O–H groups in total. The lowest BCUT2D eigenvalue weighted by molar-refractivity contribution is -0.122. The first kappa shape index (κ1) is 17.2. The normalized spacial score (nSPS) is 24.8. The van der Waals surface area contributed by atoms with Crippen molar-refractivity contribution in [2.45, 2.75) is 45.1 Å². The van der Waals surface area contributed by atoms with Gasteiger partial charge in [0.2, 0.25) is 5.91 Å². The van der Waals surface area contributed by atoms with Crippen LogP contribution in [0, 0.1) is 12.8 Å². The zero-order chi connectivity index (χ0) is 15.0. The molecule has 120 valence electrons. The number of carbonyl (C=O) groups is 1. The number of aryl methyl sites for hydroxylation is 1. The number of carbonyl (C=O) groups excluding carboxylic acids is 1. The number of hydrogen-bond acceptors (Lipinski definition) is 4. The number of nitrogens with zero attached hydrogens (tertiary/aromatic N) is 1. The Morgan fingerprint density at radius 3 is 2.95 bits per heavy atom. The number of thiazole rings is 1. The lowest BCUT2D eigenvalue weighted by Gasteiger charge is -2.36. The highest BCUT2D eigenvalue weighted by molar-refractivity contribution is 7.22. The molecule has 1 aromatic carbocycles. The second-order valence-electron chi connectivity index (χ2n) is 6.28. The van der Waals surface area contributed by atoms with E-state index in [0.717, 1.165) is 35.9 Å². The summed E-state index contributed by atoms with van der Waals surface area (Å²) in [5, 5.41) is 3.63. The maximum absolute atomic E-state index is 12.5. The van der Waals surface area contributed by atoms with Gasteiger partial charge in [0.25, 0.3) is 0 Å². The number of halogens is 1. The van der Waals surface area contributed by atoms with Gasteiger partial charge in [-0.15, -0.1) is 12.4 Å². The molecule has 1 heterocycles. The van der Waals surface area contributed by atoms with Gasteiger partial charge in [0.1, 0.15) is 0 Å². The van der Waals surface area contributed by atoms with E-state index in [1.54, 1.807) is 0 Å². The van der Waals surface area contributed by atoms with E-state index in [9.17, 15) is 4.79 Å². The largest absolute Gasteiger partial charge is 0.325 e. The molecule has 0 aliphatic heterocycles. The molecule has 1 aliphatic rings. The zero-order valence-electron chi connectivity index (χ0n) is 12.9. The molecule has 1 aromatic heterocycles. The topological polar surface area (TPSA) is 68.0 Å². The summed E-state index contributed by atoms with van der Waals surface area (Å²) in [6.45, 7) is 4.04. The van der Waals surface area contributed by atoms with Crippen LogP contribution in [-0.2, 0) is 4.79 Å². The monoisotopic (exact) mass is 339 g/mol. The number of hydrogen-bond donors (Lipinski definition) is 2. The van der Waals surface area contributed by atoms with E-state index >= 15 is 0 Å². The first-order valence-corrected chi connectivity index (χ1v) is 8.24. The van der Waals surface area contributed by atoms with Crippen molar-refractivity contribution in [3.05, 3.63) is 23.8 Å². The molecular formula is C16H22ClN3OS. The van der Waals surface area contributed by atoms with Crippen molar-refractivity contribution < 1.29 is 4.79 Å². The van der Waals surface area contributed by atoms with E-state index in [1.165, 1.54) is 16.9 Å². The summed E-state index contributed by atoms with van der Waals surface area (Å²) in [6, 6.07) is 6.12. The fourth-order valence-corrected chi connectivity index (χ4v) is 4.03. The van der Waals surface area contributed by atoms with Crippen LogP contribution < -0.4 is 11.1 Å².